The maximum Gasteiger partial charge on any atom is 0.225 e. The Hall–Kier alpha value is -2.22. The molecule has 0 unspecified atom stereocenters. The summed E-state index contributed by atoms with van der Waals surface area (Å²) in [5.74, 6) is 0.585. The highest BCUT2D eigenvalue weighted by atomic mass is 32.2. The standard InChI is InChI=1S/C21H17FN2OS3/c22-14-7-9-15(10-8-14)26-12-3-6-19(25)24-20-16(11-13-27-20)21-23-17-4-1-2-5-18(17)28-21/h1-2,4-5,7-11,13H,3,6,12H2,(H,24,25). The Morgan fingerprint density at radius 1 is 1.11 bits per heavy atom. The summed E-state index contributed by atoms with van der Waals surface area (Å²) in [5, 5.41) is 6.76. The largest absolute Gasteiger partial charge is 0.317 e. The summed E-state index contributed by atoms with van der Waals surface area (Å²) in [5.41, 5.74) is 1.95. The van der Waals surface area contributed by atoms with Gasteiger partial charge < -0.3 is 5.32 Å². The van der Waals surface area contributed by atoms with E-state index in [-0.39, 0.29) is 11.7 Å². The van der Waals surface area contributed by atoms with Crippen LogP contribution in [0.15, 0.2) is 64.9 Å². The maximum atomic E-state index is 12.9. The number of nitrogens with one attached hydrogen (secondary N) is 1. The average molecular weight is 429 g/mol. The van der Waals surface area contributed by atoms with Crippen LogP contribution < -0.4 is 5.32 Å². The van der Waals surface area contributed by atoms with E-state index in [9.17, 15) is 9.18 Å². The van der Waals surface area contributed by atoms with Gasteiger partial charge in [-0.05, 0) is 60.0 Å². The number of thiophene rings is 1. The molecule has 7 heteroatoms. The van der Waals surface area contributed by atoms with E-state index in [2.05, 4.69) is 16.4 Å². The molecule has 0 aliphatic carbocycles. The number of thiazole rings is 1. The molecule has 3 nitrogen and oxygen atoms in total. The van der Waals surface area contributed by atoms with Gasteiger partial charge >= 0.3 is 0 Å². The summed E-state index contributed by atoms with van der Waals surface area (Å²) >= 11 is 4.77. The number of hydrogen-bond donors (Lipinski definition) is 1. The predicted molar refractivity (Wildman–Crippen MR) is 118 cm³/mol. The third kappa shape index (κ3) is 4.60. The third-order valence-corrected chi connectivity index (χ3v) is 7.07. The molecule has 2 aromatic heterocycles. The van der Waals surface area contributed by atoms with Gasteiger partial charge in [-0.25, -0.2) is 9.37 Å². The highest BCUT2D eigenvalue weighted by Crippen LogP contribution is 2.37. The van der Waals surface area contributed by atoms with Crippen molar-refractivity contribution in [3.05, 3.63) is 65.8 Å². The first-order chi connectivity index (χ1) is 13.7. The summed E-state index contributed by atoms with van der Waals surface area (Å²) in [6, 6.07) is 16.5. The third-order valence-electron chi connectivity index (χ3n) is 4.07. The lowest BCUT2D eigenvalue weighted by Crippen LogP contribution is -2.11. The van der Waals surface area contributed by atoms with Gasteiger partial charge in [-0.1, -0.05) is 12.1 Å². The number of hydrogen-bond acceptors (Lipinski definition) is 5. The molecular formula is C21H17FN2OS3. The van der Waals surface area contributed by atoms with Crippen LogP contribution in [-0.2, 0) is 4.79 Å². The number of aromatic nitrogens is 1. The number of carbonyl (C=O) groups is 1. The molecule has 2 aromatic carbocycles. The van der Waals surface area contributed by atoms with E-state index < -0.39 is 0 Å². The molecule has 0 radical (unpaired) electrons. The Bertz CT molecular complexity index is 1060. The molecule has 0 fully saturated rings. The average Bonchev–Trinajstić information content (AvgIpc) is 3.33. The lowest BCUT2D eigenvalue weighted by atomic mass is 10.3. The monoisotopic (exact) mass is 428 g/mol. The fourth-order valence-corrected chi connectivity index (χ4v) is 5.42. The van der Waals surface area contributed by atoms with Gasteiger partial charge in [-0.15, -0.1) is 34.4 Å². The molecule has 0 spiro atoms. The van der Waals surface area contributed by atoms with Crippen molar-refractivity contribution in [3.63, 3.8) is 0 Å². The Kier molecular flexibility index (Phi) is 6.04. The molecule has 2 heterocycles. The van der Waals surface area contributed by atoms with Gasteiger partial charge in [0.2, 0.25) is 5.91 Å². The van der Waals surface area contributed by atoms with Crippen molar-refractivity contribution in [2.45, 2.75) is 17.7 Å². The zero-order valence-corrected chi connectivity index (χ0v) is 17.3. The van der Waals surface area contributed by atoms with Crippen molar-refractivity contribution in [3.8, 4) is 10.6 Å². The Labute approximate surface area is 174 Å². The van der Waals surface area contributed by atoms with Gasteiger partial charge in [0.15, 0.2) is 0 Å². The van der Waals surface area contributed by atoms with E-state index in [1.807, 2.05) is 29.6 Å². The minimum Gasteiger partial charge on any atom is -0.317 e. The van der Waals surface area contributed by atoms with Gasteiger partial charge in [0, 0.05) is 16.9 Å². The van der Waals surface area contributed by atoms with Gasteiger partial charge in [0.1, 0.15) is 15.8 Å². The van der Waals surface area contributed by atoms with Crippen LogP contribution >= 0.6 is 34.4 Å². The molecule has 0 saturated heterocycles. The molecule has 0 aliphatic heterocycles. The minimum atomic E-state index is -0.233. The van der Waals surface area contributed by atoms with E-state index in [0.29, 0.717) is 6.42 Å². The van der Waals surface area contributed by atoms with Gasteiger partial charge in [-0.3, -0.25) is 4.79 Å². The quantitative estimate of drug-likeness (QED) is 0.264. The van der Waals surface area contributed by atoms with E-state index in [1.54, 1.807) is 35.2 Å². The van der Waals surface area contributed by atoms with Gasteiger partial charge in [-0.2, -0.15) is 0 Å². The highest BCUT2D eigenvalue weighted by molar-refractivity contribution is 7.99. The number of benzene rings is 2. The lowest BCUT2D eigenvalue weighted by Gasteiger charge is -2.05. The van der Waals surface area contributed by atoms with Crippen molar-refractivity contribution >= 4 is 55.6 Å². The first-order valence-electron chi connectivity index (χ1n) is 8.81. The smallest absolute Gasteiger partial charge is 0.225 e. The van der Waals surface area contributed by atoms with Crippen molar-refractivity contribution in [1.29, 1.82) is 0 Å². The minimum absolute atomic E-state index is 0.00418. The van der Waals surface area contributed by atoms with Crippen molar-refractivity contribution in [2.75, 3.05) is 11.1 Å². The second-order valence-corrected chi connectivity index (χ2v) is 9.22. The Morgan fingerprint density at radius 3 is 2.75 bits per heavy atom. The van der Waals surface area contributed by atoms with E-state index in [0.717, 1.165) is 42.9 Å². The summed E-state index contributed by atoms with van der Waals surface area (Å²) < 4.78 is 14.0. The highest BCUT2D eigenvalue weighted by Gasteiger charge is 2.14. The fourth-order valence-electron chi connectivity index (χ4n) is 2.70. The van der Waals surface area contributed by atoms with Crippen LogP contribution in [-0.4, -0.2) is 16.6 Å². The number of amides is 1. The van der Waals surface area contributed by atoms with Gasteiger partial charge in [0.25, 0.3) is 0 Å². The van der Waals surface area contributed by atoms with Crippen molar-refractivity contribution in [1.82, 2.24) is 4.98 Å². The summed E-state index contributed by atoms with van der Waals surface area (Å²) in [7, 11) is 0. The number of para-hydroxylation sites is 1. The normalized spacial score (nSPS) is 11.0. The van der Waals surface area contributed by atoms with Crippen LogP contribution in [0.3, 0.4) is 0 Å². The predicted octanol–water partition coefficient (Wildman–Crippen LogP) is 6.67. The first-order valence-corrected chi connectivity index (χ1v) is 11.5. The summed E-state index contributed by atoms with van der Waals surface area (Å²) in [6.45, 7) is 0. The topological polar surface area (TPSA) is 42.0 Å². The lowest BCUT2D eigenvalue weighted by molar-refractivity contribution is -0.116. The Balaban J connectivity index is 1.32. The van der Waals surface area contributed by atoms with E-state index >= 15 is 0 Å². The van der Waals surface area contributed by atoms with Crippen LogP contribution in [0.25, 0.3) is 20.8 Å². The number of carbonyl (C=O) groups excluding carboxylic acids is 1. The van der Waals surface area contributed by atoms with Crippen LogP contribution in [0.2, 0.25) is 0 Å². The van der Waals surface area contributed by atoms with Crippen molar-refractivity contribution in [2.24, 2.45) is 0 Å². The second kappa shape index (κ2) is 8.86. The first kappa shape index (κ1) is 19.1. The maximum absolute atomic E-state index is 12.9. The van der Waals surface area contributed by atoms with Gasteiger partial charge in [0.05, 0.1) is 10.2 Å². The molecule has 142 valence electrons. The molecule has 4 rings (SSSR count). The zero-order chi connectivity index (χ0) is 19.3. The molecule has 0 bridgehead atoms. The molecule has 28 heavy (non-hydrogen) atoms. The number of halogens is 1. The molecule has 0 aliphatic rings. The second-order valence-electron chi connectivity index (χ2n) is 6.10. The SMILES string of the molecule is O=C(CCCSc1ccc(F)cc1)Nc1sccc1-c1nc2ccccc2s1. The summed E-state index contributed by atoms with van der Waals surface area (Å²) in [6.07, 6.45) is 1.21. The molecule has 4 aromatic rings. The number of thioether (sulfide) groups is 1. The zero-order valence-electron chi connectivity index (χ0n) is 14.9. The van der Waals surface area contributed by atoms with Crippen LogP contribution in [0.5, 0.6) is 0 Å². The number of rotatable bonds is 7. The van der Waals surface area contributed by atoms with Crippen LogP contribution in [0.1, 0.15) is 12.8 Å². The fraction of sp³-hybridized carbons (Fsp3) is 0.143. The van der Waals surface area contributed by atoms with E-state index in [1.165, 1.54) is 23.5 Å². The molecular weight excluding hydrogens is 411 g/mol. The molecule has 1 N–H and O–H groups in total. The van der Waals surface area contributed by atoms with Crippen molar-refractivity contribution < 1.29 is 9.18 Å². The van der Waals surface area contributed by atoms with Crippen LogP contribution in [0, 0.1) is 5.82 Å². The summed E-state index contributed by atoms with van der Waals surface area (Å²) in [4.78, 5) is 18.0. The molecule has 1 amide bonds. The van der Waals surface area contributed by atoms with Crippen LogP contribution in [0.4, 0.5) is 9.39 Å². The molecule has 0 saturated carbocycles. The van der Waals surface area contributed by atoms with E-state index in [4.69, 9.17) is 0 Å². The Morgan fingerprint density at radius 2 is 1.93 bits per heavy atom. The number of nitrogens with zero attached hydrogens (tertiary/aromatic N) is 1. The molecule has 0 atom stereocenters. The number of fused-ring (bicyclic) bond motifs is 1. The number of anilines is 1.